The normalized spacial score (nSPS) is 12.4. The molecule has 2 rings (SSSR count). The SMILES string of the molecule is Cc1cccc(C(C)NCc2ccccn2)c1. The molecule has 1 heterocycles. The van der Waals surface area contributed by atoms with Gasteiger partial charge in [-0.05, 0) is 31.5 Å². The lowest BCUT2D eigenvalue weighted by atomic mass is 10.1. The fourth-order valence-corrected chi connectivity index (χ4v) is 1.82. The highest BCUT2D eigenvalue weighted by atomic mass is 14.9. The van der Waals surface area contributed by atoms with Gasteiger partial charge in [0.05, 0.1) is 5.69 Å². The summed E-state index contributed by atoms with van der Waals surface area (Å²) in [6.45, 7) is 5.10. The average molecular weight is 226 g/mol. The summed E-state index contributed by atoms with van der Waals surface area (Å²) in [5.41, 5.74) is 3.70. The monoisotopic (exact) mass is 226 g/mol. The van der Waals surface area contributed by atoms with E-state index in [-0.39, 0.29) is 0 Å². The Balaban J connectivity index is 1.96. The molecule has 2 heteroatoms. The third-order valence-corrected chi connectivity index (χ3v) is 2.86. The minimum absolute atomic E-state index is 0.344. The Morgan fingerprint density at radius 3 is 2.76 bits per heavy atom. The molecule has 0 saturated heterocycles. The highest BCUT2D eigenvalue weighted by Crippen LogP contribution is 2.14. The van der Waals surface area contributed by atoms with Gasteiger partial charge < -0.3 is 5.32 Å². The van der Waals surface area contributed by atoms with E-state index in [1.807, 2.05) is 24.4 Å². The lowest BCUT2D eigenvalue weighted by Gasteiger charge is -2.14. The molecule has 2 aromatic rings. The van der Waals surface area contributed by atoms with E-state index >= 15 is 0 Å². The fraction of sp³-hybridized carbons (Fsp3) is 0.267. The molecular formula is C15H18N2. The summed E-state index contributed by atoms with van der Waals surface area (Å²) in [5.74, 6) is 0. The van der Waals surface area contributed by atoms with Crippen molar-refractivity contribution in [2.75, 3.05) is 0 Å². The zero-order chi connectivity index (χ0) is 12.1. The Bertz CT molecular complexity index is 465. The van der Waals surface area contributed by atoms with Gasteiger partial charge >= 0.3 is 0 Å². The van der Waals surface area contributed by atoms with Crippen molar-refractivity contribution in [3.63, 3.8) is 0 Å². The molecule has 1 unspecified atom stereocenters. The molecule has 1 aromatic carbocycles. The van der Waals surface area contributed by atoms with Gasteiger partial charge in [-0.1, -0.05) is 35.9 Å². The fourth-order valence-electron chi connectivity index (χ4n) is 1.82. The molecule has 0 saturated carbocycles. The van der Waals surface area contributed by atoms with E-state index in [0.717, 1.165) is 12.2 Å². The molecule has 0 amide bonds. The Hall–Kier alpha value is -1.67. The molecule has 88 valence electrons. The van der Waals surface area contributed by atoms with Gasteiger partial charge in [0.1, 0.15) is 0 Å². The van der Waals surface area contributed by atoms with Gasteiger partial charge in [-0.3, -0.25) is 4.98 Å². The van der Waals surface area contributed by atoms with Crippen LogP contribution >= 0.6 is 0 Å². The lowest BCUT2D eigenvalue weighted by molar-refractivity contribution is 0.567. The topological polar surface area (TPSA) is 24.9 Å². The molecule has 17 heavy (non-hydrogen) atoms. The molecule has 0 fully saturated rings. The Morgan fingerprint density at radius 2 is 2.06 bits per heavy atom. The zero-order valence-corrected chi connectivity index (χ0v) is 10.4. The van der Waals surface area contributed by atoms with Crippen LogP contribution in [0, 0.1) is 6.92 Å². The molecular weight excluding hydrogens is 208 g/mol. The Morgan fingerprint density at radius 1 is 1.18 bits per heavy atom. The second kappa shape index (κ2) is 5.60. The highest BCUT2D eigenvalue weighted by Gasteiger charge is 2.04. The first-order valence-electron chi connectivity index (χ1n) is 5.95. The van der Waals surface area contributed by atoms with E-state index in [0.29, 0.717) is 6.04 Å². The van der Waals surface area contributed by atoms with Crippen LogP contribution in [-0.4, -0.2) is 4.98 Å². The van der Waals surface area contributed by atoms with Crippen molar-refractivity contribution in [3.05, 3.63) is 65.5 Å². The number of pyridine rings is 1. The molecule has 0 aliphatic carbocycles. The van der Waals surface area contributed by atoms with Crippen molar-refractivity contribution in [1.82, 2.24) is 10.3 Å². The van der Waals surface area contributed by atoms with Gasteiger partial charge in [-0.15, -0.1) is 0 Å². The summed E-state index contributed by atoms with van der Waals surface area (Å²) >= 11 is 0. The van der Waals surface area contributed by atoms with E-state index in [2.05, 4.69) is 48.4 Å². The minimum Gasteiger partial charge on any atom is -0.305 e. The molecule has 0 bridgehead atoms. The number of benzene rings is 1. The molecule has 0 radical (unpaired) electrons. The minimum atomic E-state index is 0.344. The quantitative estimate of drug-likeness (QED) is 0.865. The second-order valence-electron chi connectivity index (χ2n) is 4.34. The number of hydrogen-bond acceptors (Lipinski definition) is 2. The molecule has 2 nitrogen and oxygen atoms in total. The van der Waals surface area contributed by atoms with E-state index in [9.17, 15) is 0 Å². The van der Waals surface area contributed by atoms with Crippen LogP contribution in [0.5, 0.6) is 0 Å². The number of aryl methyl sites for hydroxylation is 1. The smallest absolute Gasteiger partial charge is 0.0541 e. The summed E-state index contributed by atoms with van der Waals surface area (Å²) in [6, 6.07) is 14.9. The van der Waals surface area contributed by atoms with Crippen molar-refractivity contribution in [2.45, 2.75) is 26.4 Å². The van der Waals surface area contributed by atoms with Crippen LogP contribution in [0.4, 0.5) is 0 Å². The summed E-state index contributed by atoms with van der Waals surface area (Å²) in [7, 11) is 0. The standard InChI is InChI=1S/C15H18N2/c1-12-6-5-7-14(10-12)13(2)17-11-15-8-3-4-9-16-15/h3-10,13,17H,11H2,1-2H3. The average Bonchev–Trinajstić information content (AvgIpc) is 2.37. The molecule has 1 aromatic heterocycles. The van der Waals surface area contributed by atoms with Crippen LogP contribution in [-0.2, 0) is 6.54 Å². The van der Waals surface area contributed by atoms with Gasteiger partial charge in [0.15, 0.2) is 0 Å². The lowest BCUT2D eigenvalue weighted by Crippen LogP contribution is -2.18. The van der Waals surface area contributed by atoms with E-state index < -0.39 is 0 Å². The Labute approximate surface area is 103 Å². The number of aromatic nitrogens is 1. The van der Waals surface area contributed by atoms with Crippen LogP contribution in [0.1, 0.15) is 29.8 Å². The first-order chi connectivity index (χ1) is 8.25. The number of nitrogens with zero attached hydrogens (tertiary/aromatic N) is 1. The molecule has 1 atom stereocenters. The van der Waals surface area contributed by atoms with Gasteiger partial charge in [-0.2, -0.15) is 0 Å². The number of rotatable bonds is 4. The van der Waals surface area contributed by atoms with Crippen molar-refractivity contribution in [2.24, 2.45) is 0 Å². The maximum Gasteiger partial charge on any atom is 0.0541 e. The zero-order valence-electron chi connectivity index (χ0n) is 10.4. The second-order valence-corrected chi connectivity index (χ2v) is 4.34. The molecule has 0 aliphatic rings. The maximum atomic E-state index is 4.30. The van der Waals surface area contributed by atoms with Crippen molar-refractivity contribution >= 4 is 0 Å². The van der Waals surface area contributed by atoms with Crippen LogP contribution in [0.25, 0.3) is 0 Å². The van der Waals surface area contributed by atoms with E-state index in [1.165, 1.54) is 11.1 Å². The predicted molar refractivity (Wildman–Crippen MR) is 70.7 cm³/mol. The molecule has 0 spiro atoms. The van der Waals surface area contributed by atoms with Gasteiger partial charge in [-0.25, -0.2) is 0 Å². The maximum absolute atomic E-state index is 4.30. The number of nitrogens with one attached hydrogen (secondary N) is 1. The van der Waals surface area contributed by atoms with Gasteiger partial charge in [0.25, 0.3) is 0 Å². The first-order valence-corrected chi connectivity index (χ1v) is 5.95. The molecule has 0 aliphatic heterocycles. The van der Waals surface area contributed by atoms with Crippen LogP contribution in [0.15, 0.2) is 48.7 Å². The number of hydrogen-bond donors (Lipinski definition) is 1. The third kappa shape index (κ3) is 3.40. The van der Waals surface area contributed by atoms with E-state index in [1.54, 1.807) is 0 Å². The van der Waals surface area contributed by atoms with Crippen LogP contribution < -0.4 is 5.32 Å². The summed E-state index contributed by atoms with van der Waals surface area (Å²) in [5, 5.41) is 3.48. The van der Waals surface area contributed by atoms with Crippen molar-refractivity contribution in [3.8, 4) is 0 Å². The summed E-state index contributed by atoms with van der Waals surface area (Å²) < 4.78 is 0. The van der Waals surface area contributed by atoms with Gasteiger partial charge in [0, 0.05) is 18.8 Å². The van der Waals surface area contributed by atoms with Crippen LogP contribution in [0.2, 0.25) is 0 Å². The molecule has 1 N–H and O–H groups in total. The highest BCUT2D eigenvalue weighted by molar-refractivity contribution is 5.24. The van der Waals surface area contributed by atoms with Crippen LogP contribution in [0.3, 0.4) is 0 Å². The first kappa shape index (κ1) is 11.8. The Kier molecular flexibility index (Phi) is 3.89. The predicted octanol–water partition coefficient (Wildman–Crippen LogP) is 3.24. The van der Waals surface area contributed by atoms with E-state index in [4.69, 9.17) is 0 Å². The summed E-state index contributed by atoms with van der Waals surface area (Å²) in [6.07, 6.45) is 1.83. The van der Waals surface area contributed by atoms with Gasteiger partial charge in [0.2, 0.25) is 0 Å². The largest absolute Gasteiger partial charge is 0.305 e. The van der Waals surface area contributed by atoms with Crippen molar-refractivity contribution in [1.29, 1.82) is 0 Å². The third-order valence-electron chi connectivity index (χ3n) is 2.86. The van der Waals surface area contributed by atoms with Crippen molar-refractivity contribution < 1.29 is 0 Å². The summed E-state index contributed by atoms with van der Waals surface area (Å²) in [4.78, 5) is 4.30.